The Balaban J connectivity index is 1.92. The van der Waals surface area contributed by atoms with Crippen molar-refractivity contribution in [2.45, 2.75) is 27.7 Å². The number of benzene rings is 1. The molecule has 1 aromatic carbocycles. The fourth-order valence-electron chi connectivity index (χ4n) is 2.33. The normalized spacial score (nSPS) is 15.0. The van der Waals surface area contributed by atoms with E-state index in [1.807, 2.05) is 6.07 Å². The molecule has 2 aromatic rings. The SMILES string of the molecule is Cc1c(OC(=O)C(C)(C)C)ccc2c1O/C(=C\c1ccccn1)C2=O. The summed E-state index contributed by atoms with van der Waals surface area (Å²) in [5, 5.41) is 0. The summed E-state index contributed by atoms with van der Waals surface area (Å²) in [5.41, 5.74) is 1.09. The van der Waals surface area contributed by atoms with Gasteiger partial charge in [0.05, 0.1) is 16.7 Å². The summed E-state index contributed by atoms with van der Waals surface area (Å²) in [6.07, 6.45) is 3.25. The van der Waals surface area contributed by atoms with Gasteiger partial charge in [-0.3, -0.25) is 14.6 Å². The second kappa shape index (κ2) is 6.16. The van der Waals surface area contributed by atoms with Crippen LogP contribution in [0.25, 0.3) is 6.08 Å². The van der Waals surface area contributed by atoms with Crippen molar-refractivity contribution in [3.8, 4) is 11.5 Å². The Morgan fingerprint density at radius 1 is 1.20 bits per heavy atom. The topological polar surface area (TPSA) is 65.5 Å². The molecule has 0 N–H and O–H groups in total. The predicted molar refractivity (Wildman–Crippen MR) is 93.4 cm³/mol. The molecule has 1 aliphatic heterocycles. The van der Waals surface area contributed by atoms with E-state index < -0.39 is 5.41 Å². The second-order valence-electron chi connectivity index (χ2n) is 6.90. The van der Waals surface area contributed by atoms with Crippen molar-refractivity contribution < 1.29 is 19.1 Å². The van der Waals surface area contributed by atoms with Gasteiger partial charge in [0.1, 0.15) is 11.5 Å². The molecule has 0 spiro atoms. The lowest BCUT2D eigenvalue weighted by molar-refractivity contribution is -0.143. The van der Waals surface area contributed by atoms with Crippen LogP contribution in [0.1, 0.15) is 42.4 Å². The van der Waals surface area contributed by atoms with Gasteiger partial charge in [0.2, 0.25) is 5.78 Å². The quantitative estimate of drug-likeness (QED) is 0.471. The van der Waals surface area contributed by atoms with Crippen LogP contribution in [0.5, 0.6) is 11.5 Å². The van der Waals surface area contributed by atoms with Gasteiger partial charge in [0.15, 0.2) is 5.76 Å². The Bertz CT molecular complexity index is 877. The average Bonchev–Trinajstić information content (AvgIpc) is 2.87. The molecule has 0 atom stereocenters. The summed E-state index contributed by atoms with van der Waals surface area (Å²) < 4.78 is 11.2. The molecular weight excluding hydrogens is 318 g/mol. The molecule has 25 heavy (non-hydrogen) atoms. The molecule has 0 amide bonds. The number of esters is 1. The number of carbonyl (C=O) groups is 2. The first-order valence-corrected chi connectivity index (χ1v) is 7.98. The maximum atomic E-state index is 12.5. The first-order chi connectivity index (χ1) is 11.8. The number of hydrogen-bond acceptors (Lipinski definition) is 5. The number of hydrogen-bond donors (Lipinski definition) is 0. The molecule has 5 heteroatoms. The van der Waals surface area contributed by atoms with Crippen LogP contribution in [0.15, 0.2) is 42.3 Å². The minimum Gasteiger partial charge on any atom is -0.452 e. The van der Waals surface area contributed by atoms with Crippen molar-refractivity contribution in [1.29, 1.82) is 0 Å². The third kappa shape index (κ3) is 3.31. The van der Waals surface area contributed by atoms with Gasteiger partial charge >= 0.3 is 5.97 Å². The van der Waals surface area contributed by atoms with E-state index in [2.05, 4.69) is 4.98 Å². The summed E-state index contributed by atoms with van der Waals surface area (Å²) in [7, 11) is 0. The maximum Gasteiger partial charge on any atom is 0.316 e. The summed E-state index contributed by atoms with van der Waals surface area (Å²) >= 11 is 0. The lowest BCUT2D eigenvalue weighted by Crippen LogP contribution is -2.25. The van der Waals surface area contributed by atoms with Crippen molar-refractivity contribution in [1.82, 2.24) is 4.98 Å². The smallest absolute Gasteiger partial charge is 0.316 e. The van der Waals surface area contributed by atoms with Crippen LogP contribution in [0.3, 0.4) is 0 Å². The molecule has 2 heterocycles. The highest BCUT2D eigenvalue weighted by atomic mass is 16.5. The fraction of sp³-hybridized carbons (Fsp3) is 0.250. The summed E-state index contributed by atoms with van der Waals surface area (Å²) in [6, 6.07) is 8.67. The lowest BCUT2D eigenvalue weighted by Gasteiger charge is -2.17. The first kappa shape index (κ1) is 16.9. The van der Waals surface area contributed by atoms with E-state index in [1.54, 1.807) is 64.2 Å². The van der Waals surface area contributed by atoms with Crippen molar-refractivity contribution >= 4 is 17.8 Å². The average molecular weight is 337 g/mol. The molecule has 3 rings (SSSR count). The zero-order valence-electron chi connectivity index (χ0n) is 14.6. The van der Waals surface area contributed by atoms with Gasteiger partial charge in [0, 0.05) is 17.8 Å². The molecule has 0 saturated carbocycles. The summed E-state index contributed by atoms with van der Waals surface area (Å²) in [5.74, 6) is 0.467. The molecule has 0 aliphatic carbocycles. The van der Waals surface area contributed by atoms with Gasteiger partial charge in [-0.25, -0.2) is 0 Å². The number of fused-ring (bicyclic) bond motifs is 1. The van der Waals surface area contributed by atoms with Crippen molar-refractivity contribution in [2.75, 3.05) is 0 Å². The van der Waals surface area contributed by atoms with Crippen LogP contribution in [-0.4, -0.2) is 16.7 Å². The van der Waals surface area contributed by atoms with Crippen molar-refractivity contribution in [3.63, 3.8) is 0 Å². The minimum atomic E-state index is -0.619. The van der Waals surface area contributed by atoms with Crippen LogP contribution in [0.2, 0.25) is 0 Å². The first-order valence-electron chi connectivity index (χ1n) is 7.98. The number of pyridine rings is 1. The molecular formula is C20H19NO4. The number of ketones is 1. The van der Waals surface area contributed by atoms with Crippen LogP contribution in [0.4, 0.5) is 0 Å². The van der Waals surface area contributed by atoms with Crippen LogP contribution in [-0.2, 0) is 4.79 Å². The molecule has 0 unspecified atom stereocenters. The molecule has 128 valence electrons. The largest absolute Gasteiger partial charge is 0.452 e. The van der Waals surface area contributed by atoms with Crippen LogP contribution in [0, 0.1) is 12.3 Å². The van der Waals surface area contributed by atoms with E-state index in [1.165, 1.54) is 0 Å². The molecule has 0 saturated heterocycles. The molecule has 5 nitrogen and oxygen atoms in total. The van der Waals surface area contributed by atoms with Gasteiger partial charge in [-0.05, 0) is 52.0 Å². The molecule has 0 radical (unpaired) electrons. The number of aromatic nitrogens is 1. The Hall–Kier alpha value is -2.95. The monoisotopic (exact) mass is 337 g/mol. The van der Waals surface area contributed by atoms with Crippen molar-refractivity contribution in [2.24, 2.45) is 5.41 Å². The van der Waals surface area contributed by atoms with Gasteiger partial charge in [-0.15, -0.1) is 0 Å². The number of rotatable bonds is 2. The van der Waals surface area contributed by atoms with Crippen LogP contribution < -0.4 is 9.47 Å². The van der Waals surface area contributed by atoms with Gasteiger partial charge in [-0.2, -0.15) is 0 Å². The second-order valence-corrected chi connectivity index (χ2v) is 6.90. The standard InChI is InChI=1S/C20H19NO4/c1-12-15(25-19(23)20(2,3)4)9-8-14-17(22)16(24-18(12)14)11-13-7-5-6-10-21-13/h5-11H,1-4H3/b16-11-. The molecule has 0 bridgehead atoms. The van der Waals surface area contributed by atoms with E-state index in [0.717, 1.165) is 0 Å². The highest BCUT2D eigenvalue weighted by Gasteiger charge is 2.31. The Morgan fingerprint density at radius 2 is 1.96 bits per heavy atom. The van der Waals surface area contributed by atoms with Crippen molar-refractivity contribution in [3.05, 3.63) is 59.1 Å². The fourth-order valence-corrected chi connectivity index (χ4v) is 2.33. The molecule has 1 aromatic heterocycles. The highest BCUT2D eigenvalue weighted by Crippen LogP contribution is 2.39. The predicted octanol–water partition coefficient (Wildman–Crippen LogP) is 3.96. The number of nitrogens with zero attached hydrogens (tertiary/aromatic N) is 1. The van der Waals surface area contributed by atoms with Gasteiger partial charge in [-0.1, -0.05) is 6.07 Å². The van der Waals surface area contributed by atoms with Gasteiger partial charge < -0.3 is 9.47 Å². The van der Waals surface area contributed by atoms with E-state index >= 15 is 0 Å². The third-order valence-electron chi connectivity index (χ3n) is 3.82. The lowest BCUT2D eigenvalue weighted by atomic mass is 9.97. The summed E-state index contributed by atoms with van der Waals surface area (Å²) in [6.45, 7) is 7.12. The summed E-state index contributed by atoms with van der Waals surface area (Å²) in [4.78, 5) is 28.8. The number of allylic oxidation sites excluding steroid dienone is 1. The number of carbonyl (C=O) groups excluding carboxylic acids is 2. The zero-order chi connectivity index (χ0) is 18.2. The van der Waals surface area contributed by atoms with E-state index in [-0.39, 0.29) is 17.5 Å². The Labute approximate surface area is 146 Å². The minimum absolute atomic E-state index is 0.205. The van der Waals surface area contributed by atoms with E-state index in [4.69, 9.17) is 9.47 Å². The number of Topliss-reactive ketones (excluding diaryl/α,β-unsaturated/α-hetero) is 1. The van der Waals surface area contributed by atoms with Gasteiger partial charge in [0.25, 0.3) is 0 Å². The zero-order valence-corrected chi connectivity index (χ0v) is 14.6. The van der Waals surface area contributed by atoms with Crippen LogP contribution >= 0.6 is 0 Å². The van der Waals surface area contributed by atoms with E-state index in [9.17, 15) is 9.59 Å². The Morgan fingerprint density at radius 3 is 2.60 bits per heavy atom. The van der Waals surface area contributed by atoms with E-state index in [0.29, 0.717) is 28.3 Å². The Kier molecular flexibility index (Phi) is 4.17. The maximum absolute atomic E-state index is 12.5. The molecule has 0 fully saturated rings. The highest BCUT2D eigenvalue weighted by molar-refractivity contribution is 6.14. The third-order valence-corrected chi connectivity index (χ3v) is 3.82. The molecule has 1 aliphatic rings. The number of ether oxygens (including phenoxy) is 2.